The van der Waals surface area contributed by atoms with E-state index in [9.17, 15) is 8.42 Å². The van der Waals surface area contributed by atoms with Crippen molar-refractivity contribution in [3.05, 3.63) is 30.5 Å². The Bertz CT molecular complexity index is 601. The highest BCUT2D eigenvalue weighted by Gasteiger charge is 2.11. The van der Waals surface area contributed by atoms with E-state index in [0.717, 1.165) is 5.52 Å². The van der Waals surface area contributed by atoms with Crippen molar-refractivity contribution in [2.75, 3.05) is 0 Å². The first-order valence-corrected chi connectivity index (χ1v) is 5.71. The monoisotopic (exact) mass is 226 g/mol. The molecule has 6 heteroatoms. The van der Waals surface area contributed by atoms with E-state index in [-0.39, 0.29) is 5.75 Å². The van der Waals surface area contributed by atoms with Gasteiger partial charge >= 0.3 is 10.3 Å². The minimum atomic E-state index is -3.97. The molecule has 80 valence electrons. The van der Waals surface area contributed by atoms with Gasteiger partial charge in [0.25, 0.3) is 0 Å². The molecule has 0 atom stereocenters. The minimum Gasteiger partial charge on any atom is -0.369 e. The van der Waals surface area contributed by atoms with Crippen molar-refractivity contribution in [1.82, 2.24) is 4.57 Å². The Balaban J connectivity index is 2.62. The van der Waals surface area contributed by atoms with Gasteiger partial charge in [-0.05, 0) is 12.1 Å². The van der Waals surface area contributed by atoms with Crippen molar-refractivity contribution >= 4 is 21.2 Å². The molecular weight excluding hydrogens is 216 g/mol. The van der Waals surface area contributed by atoms with E-state index in [4.69, 9.17) is 5.14 Å². The maximum atomic E-state index is 10.8. The van der Waals surface area contributed by atoms with E-state index in [1.165, 1.54) is 0 Å². The van der Waals surface area contributed by atoms with Crippen molar-refractivity contribution in [3.63, 3.8) is 0 Å². The van der Waals surface area contributed by atoms with Gasteiger partial charge in [-0.3, -0.25) is 0 Å². The fraction of sp³-hybridized carbons (Fsp3) is 0.111. The molecule has 1 aromatic carbocycles. The van der Waals surface area contributed by atoms with Gasteiger partial charge in [0.15, 0.2) is 5.75 Å². The summed E-state index contributed by atoms with van der Waals surface area (Å²) in [6, 6.07) is 7.31. The van der Waals surface area contributed by atoms with Gasteiger partial charge in [0, 0.05) is 18.6 Å². The van der Waals surface area contributed by atoms with Crippen LogP contribution in [0.4, 0.5) is 0 Å². The highest BCUT2D eigenvalue weighted by Crippen LogP contribution is 2.27. The summed E-state index contributed by atoms with van der Waals surface area (Å²) in [6.07, 6.45) is 1.58. The highest BCUT2D eigenvalue weighted by atomic mass is 32.2. The lowest BCUT2D eigenvalue weighted by molar-refractivity contribution is 0.489. The van der Waals surface area contributed by atoms with Crippen molar-refractivity contribution in [1.29, 1.82) is 0 Å². The van der Waals surface area contributed by atoms with Crippen LogP contribution < -0.4 is 9.32 Å². The quantitative estimate of drug-likeness (QED) is 0.821. The summed E-state index contributed by atoms with van der Waals surface area (Å²) >= 11 is 0. The number of hydrogen-bond donors (Lipinski definition) is 1. The second kappa shape index (κ2) is 3.25. The Morgan fingerprint density at radius 2 is 2.00 bits per heavy atom. The Labute approximate surface area is 87.3 Å². The molecule has 0 fully saturated rings. The van der Waals surface area contributed by atoms with Gasteiger partial charge in [-0.25, -0.2) is 0 Å². The largest absolute Gasteiger partial charge is 0.380 e. The van der Waals surface area contributed by atoms with Gasteiger partial charge in [0.05, 0.1) is 5.52 Å². The molecule has 0 spiro atoms. The van der Waals surface area contributed by atoms with Crippen LogP contribution in [-0.2, 0) is 17.4 Å². The smallest absolute Gasteiger partial charge is 0.369 e. The maximum absolute atomic E-state index is 10.8. The number of para-hydroxylation sites is 1. The normalized spacial score (nSPS) is 11.9. The summed E-state index contributed by atoms with van der Waals surface area (Å²) in [5, 5.41) is 5.53. The molecule has 0 aliphatic rings. The third kappa shape index (κ3) is 1.95. The molecule has 5 nitrogen and oxygen atoms in total. The fourth-order valence-electron chi connectivity index (χ4n) is 1.50. The Morgan fingerprint density at radius 3 is 2.67 bits per heavy atom. The van der Waals surface area contributed by atoms with E-state index < -0.39 is 10.3 Å². The maximum Gasteiger partial charge on any atom is 0.380 e. The third-order valence-corrected chi connectivity index (χ3v) is 2.48. The summed E-state index contributed by atoms with van der Waals surface area (Å²) in [4.78, 5) is 0. The van der Waals surface area contributed by atoms with Gasteiger partial charge in [0.2, 0.25) is 0 Å². The molecule has 15 heavy (non-hydrogen) atoms. The summed E-state index contributed by atoms with van der Waals surface area (Å²) in [6.45, 7) is 0. The molecule has 0 saturated carbocycles. The molecule has 0 unspecified atom stereocenters. The van der Waals surface area contributed by atoms with Crippen LogP contribution in [0.25, 0.3) is 10.9 Å². The van der Waals surface area contributed by atoms with E-state index in [0.29, 0.717) is 5.39 Å². The molecule has 1 aromatic heterocycles. The van der Waals surface area contributed by atoms with Crippen LogP contribution in [0.2, 0.25) is 0 Å². The zero-order valence-corrected chi connectivity index (χ0v) is 8.86. The van der Waals surface area contributed by atoms with Crippen LogP contribution in [0.5, 0.6) is 5.75 Å². The lowest BCUT2D eigenvalue weighted by Gasteiger charge is -1.98. The standard InChI is InChI=1S/C9H10N2O3S/c1-11-6-9(14-15(10,12)13)7-4-2-3-5-8(7)11/h2-6H,1H3,(H2,10,12,13). The number of aromatic nitrogens is 1. The Kier molecular flexibility index (Phi) is 2.17. The molecule has 0 bridgehead atoms. The second-order valence-electron chi connectivity index (χ2n) is 3.20. The summed E-state index contributed by atoms with van der Waals surface area (Å²) < 4.78 is 28.0. The molecule has 0 aliphatic heterocycles. The fourth-order valence-corrected chi connectivity index (χ4v) is 1.88. The first-order valence-electron chi connectivity index (χ1n) is 4.23. The first-order chi connectivity index (χ1) is 6.97. The van der Waals surface area contributed by atoms with Crippen LogP contribution in [0.15, 0.2) is 30.5 Å². The van der Waals surface area contributed by atoms with Crippen LogP contribution in [-0.4, -0.2) is 13.0 Å². The molecule has 1 heterocycles. The zero-order chi connectivity index (χ0) is 11.1. The van der Waals surface area contributed by atoms with Gasteiger partial charge < -0.3 is 8.75 Å². The third-order valence-electron chi connectivity index (χ3n) is 2.07. The lowest BCUT2D eigenvalue weighted by Crippen LogP contribution is -2.18. The summed E-state index contributed by atoms with van der Waals surface area (Å²) in [5.41, 5.74) is 0.885. The Hall–Kier alpha value is -1.53. The average Bonchev–Trinajstić information content (AvgIpc) is 2.42. The van der Waals surface area contributed by atoms with Crippen LogP contribution in [0.3, 0.4) is 0 Å². The second-order valence-corrected chi connectivity index (χ2v) is 4.35. The minimum absolute atomic E-state index is 0.246. The molecule has 0 radical (unpaired) electrons. The number of nitrogens with zero attached hydrogens (tertiary/aromatic N) is 1. The van der Waals surface area contributed by atoms with Gasteiger partial charge in [-0.2, -0.15) is 13.6 Å². The molecule has 0 aliphatic carbocycles. The number of benzene rings is 1. The average molecular weight is 226 g/mol. The number of fused-ring (bicyclic) bond motifs is 1. The molecule has 0 saturated heterocycles. The van der Waals surface area contributed by atoms with Crippen molar-refractivity contribution in [2.24, 2.45) is 12.2 Å². The number of rotatable bonds is 2. The zero-order valence-electron chi connectivity index (χ0n) is 8.04. The highest BCUT2D eigenvalue weighted by molar-refractivity contribution is 7.84. The van der Waals surface area contributed by atoms with Gasteiger partial charge in [0.1, 0.15) is 0 Å². The SMILES string of the molecule is Cn1cc(OS(N)(=O)=O)c2ccccc21. The predicted molar refractivity (Wildman–Crippen MR) is 56.7 cm³/mol. The van der Waals surface area contributed by atoms with Crippen LogP contribution in [0, 0.1) is 0 Å². The molecule has 2 aromatic rings. The topological polar surface area (TPSA) is 74.3 Å². The van der Waals surface area contributed by atoms with Gasteiger partial charge in [-0.1, -0.05) is 12.1 Å². The molecular formula is C9H10N2O3S. The number of aryl methyl sites for hydroxylation is 1. The van der Waals surface area contributed by atoms with E-state index >= 15 is 0 Å². The summed E-state index contributed by atoms with van der Waals surface area (Å²) in [5.74, 6) is 0.246. The van der Waals surface area contributed by atoms with E-state index in [1.54, 1.807) is 29.9 Å². The van der Waals surface area contributed by atoms with E-state index in [1.807, 2.05) is 12.1 Å². The van der Waals surface area contributed by atoms with Crippen LogP contribution >= 0.6 is 0 Å². The van der Waals surface area contributed by atoms with Crippen LogP contribution in [0.1, 0.15) is 0 Å². The first kappa shape index (κ1) is 10.0. The van der Waals surface area contributed by atoms with Crippen molar-refractivity contribution in [3.8, 4) is 5.75 Å². The Morgan fingerprint density at radius 1 is 1.33 bits per heavy atom. The van der Waals surface area contributed by atoms with Crippen molar-refractivity contribution in [2.45, 2.75) is 0 Å². The molecule has 2 N–H and O–H groups in total. The van der Waals surface area contributed by atoms with Crippen molar-refractivity contribution < 1.29 is 12.6 Å². The number of hydrogen-bond acceptors (Lipinski definition) is 3. The predicted octanol–water partition coefficient (Wildman–Crippen LogP) is 0.761. The van der Waals surface area contributed by atoms with Gasteiger partial charge in [-0.15, -0.1) is 0 Å². The summed E-state index contributed by atoms with van der Waals surface area (Å²) in [7, 11) is -2.16. The lowest BCUT2D eigenvalue weighted by atomic mass is 10.2. The van der Waals surface area contributed by atoms with E-state index in [2.05, 4.69) is 4.18 Å². The molecule has 2 rings (SSSR count). The number of nitrogens with two attached hydrogens (primary N) is 1. The molecule has 0 amide bonds.